The standard InChI is InChI=1S/C20H19FO4/c1-12(2)6-7-24-15-9-16(22)20-17(23)11-18(25-19(20)10-15)13-4-3-5-14(21)8-13/h3-6,8-10,18,22H,7,11H2,1-2H3. The van der Waals surface area contributed by atoms with E-state index in [0.29, 0.717) is 17.9 Å². The number of allylic oxidation sites excluding steroid dienone is 1. The number of phenols is 1. The smallest absolute Gasteiger partial charge is 0.174 e. The molecule has 5 heteroatoms. The van der Waals surface area contributed by atoms with Crippen molar-refractivity contribution in [3.63, 3.8) is 0 Å². The van der Waals surface area contributed by atoms with Crippen molar-refractivity contribution in [3.8, 4) is 17.2 Å². The van der Waals surface area contributed by atoms with Gasteiger partial charge in [-0.1, -0.05) is 17.7 Å². The lowest BCUT2D eigenvalue weighted by molar-refractivity contribution is 0.0844. The van der Waals surface area contributed by atoms with E-state index in [9.17, 15) is 14.3 Å². The predicted octanol–water partition coefficient (Wildman–Crippen LogP) is 4.58. The van der Waals surface area contributed by atoms with Gasteiger partial charge in [0, 0.05) is 12.1 Å². The second-order valence-corrected chi connectivity index (χ2v) is 6.20. The second kappa shape index (κ2) is 6.97. The highest BCUT2D eigenvalue weighted by Gasteiger charge is 2.31. The molecule has 1 atom stereocenters. The Labute approximate surface area is 145 Å². The van der Waals surface area contributed by atoms with Crippen LogP contribution in [0, 0.1) is 5.82 Å². The number of Topliss-reactive ketones (excluding diaryl/α,β-unsaturated/α-hetero) is 1. The van der Waals surface area contributed by atoms with Gasteiger partial charge < -0.3 is 14.6 Å². The maximum Gasteiger partial charge on any atom is 0.174 e. The zero-order valence-corrected chi connectivity index (χ0v) is 14.1. The molecule has 1 unspecified atom stereocenters. The van der Waals surface area contributed by atoms with Crippen LogP contribution in [-0.4, -0.2) is 17.5 Å². The number of fused-ring (bicyclic) bond motifs is 1. The van der Waals surface area contributed by atoms with Crippen LogP contribution >= 0.6 is 0 Å². The average molecular weight is 342 g/mol. The number of hydrogen-bond donors (Lipinski definition) is 1. The highest BCUT2D eigenvalue weighted by Crippen LogP contribution is 2.41. The van der Waals surface area contributed by atoms with Crippen molar-refractivity contribution in [2.45, 2.75) is 26.4 Å². The molecule has 0 fully saturated rings. The van der Waals surface area contributed by atoms with E-state index in [1.807, 2.05) is 19.9 Å². The van der Waals surface area contributed by atoms with Gasteiger partial charge in [0.25, 0.3) is 0 Å². The maximum absolute atomic E-state index is 13.4. The number of benzene rings is 2. The Hall–Kier alpha value is -2.82. The zero-order valence-electron chi connectivity index (χ0n) is 14.1. The Morgan fingerprint density at radius 2 is 2.16 bits per heavy atom. The third-order valence-electron chi connectivity index (χ3n) is 3.94. The first-order chi connectivity index (χ1) is 11.9. The van der Waals surface area contributed by atoms with Gasteiger partial charge in [0.2, 0.25) is 0 Å². The SMILES string of the molecule is CC(C)=CCOc1cc(O)c2c(c1)OC(c1cccc(F)c1)CC2=O. The summed E-state index contributed by atoms with van der Waals surface area (Å²) < 4.78 is 24.9. The van der Waals surface area contributed by atoms with Gasteiger partial charge >= 0.3 is 0 Å². The largest absolute Gasteiger partial charge is 0.507 e. The minimum Gasteiger partial charge on any atom is -0.507 e. The molecule has 4 nitrogen and oxygen atoms in total. The molecule has 0 aliphatic carbocycles. The molecule has 25 heavy (non-hydrogen) atoms. The summed E-state index contributed by atoms with van der Waals surface area (Å²) in [7, 11) is 0. The molecule has 0 saturated carbocycles. The normalized spacial score (nSPS) is 16.0. The minimum atomic E-state index is -0.594. The Kier molecular flexibility index (Phi) is 4.74. The summed E-state index contributed by atoms with van der Waals surface area (Å²) in [6.07, 6.45) is 1.35. The molecule has 0 saturated heterocycles. The van der Waals surface area contributed by atoms with Crippen molar-refractivity contribution < 1.29 is 23.8 Å². The van der Waals surface area contributed by atoms with Crippen LogP contribution in [0.15, 0.2) is 48.0 Å². The number of hydrogen-bond acceptors (Lipinski definition) is 4. The van der Waals surface area contributed by atoms with Crippen LogP contribution in [0.2, 0.25) is 0 Å². The van der Waals surface area contributed by atoms with Crippen molar-refractivity contribution in [2.24, 2.45) is 0 Å². The molecule has 130 valence electrons. The molecule has 2 aromatic carbocycles. The molecule has 0 amide bonds. The molecule has 0 radical (unpaired) electrons. The number of carbonyl (C=O) groups is 1. The van der Waals surface area contributed by atoms with E-state index in [0.717, 1.165) is 5.57 Å². The third kappa shape index (κ3) is 3.82. The first-order valence-electron chi connectivity index (χ1n) is 8.02. The number of rotatable bonds is 4. The summed E-state index contributed by atoms with van der Waals surface area (Å²) in [4.78, 5) is 12.4. The average Bonchev–Trinajstić information content (AvgIpc) is 2.53. The fourth-order valence-electron chi connectivity index (χ4n) is 2.70. The minimum absolute atomic E-state index is 0.0436. The summed E-state index contributed by atoms with van der Waals surface area (Å²) in [6.45, 7) is 4.26. The van der Waals surface area contributed by atoms with Crippen LogP contribution < -0.4 is 9.47 Å². The topological polar surface area (TPSA) is 55.8 Å². The fraction of sp³-hybridized carbons (Fsp3) is 0.250. The second-order valence-electron chi connectivity index (χ2n) is 6.20. The van der Waals surface area contributed by atoms with E-state index in [4.69, 9.17) is 9.47 Å². The first-order valence-corrected chi connectivity index (χ1v) is 8.02. The molecule has 0 bridgehead atoms. The summed E-state index contributed by atoms with van der Waals surface area (Å²) in [5, 5.41) is 10.2. The van der Waals surface area contributed by atoms with Gasteiger partial charge in [0.1, 0.15) is 41.3 Å². The first kappa shape index (κ1) is 17.0. The number of aromatic hydroxyl groups is 1. The summed E-state index contributed by atoms with van der Waals surface area (Å²) in [6, 6.07) is 8.95. The lowest BCUT2D eigenvalue weighted by Gasteiger charge is -2.26. The summed E-state index contributed by atoms with van der Waals surface area (Å²) in [5.74, 6) is -0.156. The van der Waals surface area contributed by atoms with E-state index in [-0.39, 0.29) is 35.1 Å². The van der Waals surface area contributed by atoms with E-state index < -0.39 is 6.10 Å². The van der Waals surface area contributed by atoms with Crippen LogP contribution in [0.1, 0.15) is 42.3 Å². The fourth-order valence-corrected chi connectivity index (χ4v) is 2.70. The van der Waals surface area contributed by atoms with Gasteiger partial charge in [0.15, 0.2) is 5.78 Å². The van der Waals surface area contributed by atoms with Crippen molar-refractivity contribution in [1.29, 1.82) is 0 Å². The number of ketones is 1. The van der Waals surface area contributed by atoms with Crippen LogP contribution in [0.4, 0.5) is 4.39 Å². The van der Waals surface area contributed by atoms with E-state index >= 15 is 0 Å². The van der Waals surface area contributed by atoms with Crippen molar-refractivity contribution >= 4 is 5.78 Å². The van der Waals surface area contributed by atoms with Gasteiger partial charge in [-0.2, -0.15) is 0 Å². The van der Waals surface area contributed by atoms with Crippen LogP contribution in [-0.2, 0) is 0 Å². The molecule has 2 aromatic rings. The Balaban J connectivity index is 1.89. The van der Waals surface area contributed by atoms with Gasteiger partial charge in [-0.05, 0) is 37.6 Å². The lowest BCUT2D eigenvalue weighted by atomic mass is 9.95. The van der Waals surface area contributed by atoms with Gasteiger partial charge in [-0.25, -0.2) is 4.39 Å². The number of halogens is 1. The van der Waals surface area contributed by atoms with E-state index in [1.54, 1.807) is 18.2 Å². The molecule has 1 heterocycles. The van der Waals surface area contributed by atoms with Gasteiger partial charge in [-0.3, -0.25) is 4.79 Å². The van der Waals surface area contributed by atoms with E-state index in [2.05, 4.69) is 0 Å². The molecular formula is C20H19FO4. The lowest BCUT2D eigenvalue weighted by Crippen LogP contribution is -2.20. The maximum atomic E-state index is 13.4. The highest BCUT2D eigenvalue weighted by atomic mass is 19.1. The molecular weight excluding hydrogens is 323 g/mol. The van der Waals surface area contributed by atoms with Crippen LogP contribution in [0.25, 0.3) is 0 Å². The van der Waals surface area contributed by atoms with Crippen LogP contribution in [0.5, 0.6) is 17.2 Å². The molecule has 1 aliphatic rings. The van der Waals surface area contributed by atoms with E-state index in [1.165, 1.54) is 18.2 Å². The third-order valence-corrected chi connectivity index (χ3v) is 3.94. The van der Waals surface area contributed by atoms with Crippen molar-refractivity contribution in [1.82, 2.24) is 0 Å². The zero-order chi connectivity index (χ0) is 18.0. The molecule has 1 N–H and O–H groups in total. The number of carbonyl (C=O) groups excluding carboxylic acids is 1. The highest BCUT2D eigenvalue weighted by molar-refractivity contribution is 6.02. The molecule has 0 spiro atoms. The Bertz CT molecular complexity index is 838. The van der Waals surface area contributed by atoms with Crippen molar-refractivity contribution in [3.05, 3.63) is 65.0 Å². The Morgan fingerprint density at radius 3 is 2.88 bits per heavy atom. The Morgan fingerprint density at radius 1 is 1.36 bits per heavy atom. The van der Waals surface area contributed by atoms with Crippen LogP contribution in [0.3, 0.4) is 0 Å². The van der Waals surface area contributed by atoms with Gasteiger partial charge in [0.05, 0.1) is 6.42 Å². The predicted molar refractivity (Wildman–Crippen MR) is 91.7 cm³/mol. The molecule has 0 aromatic heterocycles. The summed E-state index contributed by atoms with van der Waals surface area (Å²) in [5.41, 5.74) is 1.83. The molecule has 3 rings (SSSR count). The summed E-state index contributed by atoms with van der Waals surface area (Å²) >= 11 is 0. The number of phenolic OH excluding ortho intramolecular Hbond substituents is 1. The van der Waals surface area contributed by atoms with Crippen molar-refractivity contribution in [2.75, 3.05) is 6.61 Å². The quantitative estimate of drug-likeness (QED) is 0.826. The monoisotopic (exact) mass is 342 g/mol. The number of ether oxygens (including phenoxy) is 2. The molecule has 1 aliphatic heterocycles. The van der Waals surface area contributed by atoms with Gasteiger partial charge in [-0.15, -0.1) is 0 Å².